The number of hydrogen-bond acceptors (Lipinski definition) is 2. The molecule has 1 aliphatic heterocycles. The van der Waals surface area contributed by atoms with Crippen molar-refractivity contribution in [3.05, 3.63) is 63.9 Å². The Labute approximate surface area is 138 Å². The fourth-order valence-corrected chi connectivity index (χ4v) is 3.15. The van der Waals surface area contributed by atoms with Crippen molar-refractivity contribution in [2.75, 3.05) is 0 Å². The van der Waals surface area contributed by atoms with Gasteiger partial charge in [-0.25, -0.2) is 0 Å². The smallest absolute Gasteiger partial charge is 0.167 e. The summed E-state index contributed by atoms with van der Waals surface area (Å²) in [6.45, 7) is 2.09. The molecule has 2 heterocycles. The number of nitrogens with zero attached hydrogens (tertiary/aromatic N) is 1. The molecule has 0 saturated carbocycles. The molecule has 2 N–H and O–H groups in total. The Morgan fingerprint density at radius 2 is 1.76 bits per heavy atom. The van der Waals surface area contributed by atoms with Gasteiger partial charge in [-0.3, -0.25) is 4.98 Å². The van der Waals surface area contributed by atoms with Crippen molar-refractivity contribution >= 4 is 40.5 Å². The summed E-state index contributed by atoms with van der Waals surface area (Å²) in [6, 6.07) is 11.4. The highest BCUT2D eigenvalue weighted by Crippen LogP contribution is 2.38. The molecule has 1 fully saturated rings. The van der Waals surface area contributed by atoms with Gasteiger partial charge in [-0.1, -0.05) is 35.3 Å². The molecule has 2 atom stereocenters. The molecule has 0 spiro atoms. The zero-order chi connectivity index (χ0) is 15.0. The second kappa shape index (κ2) is 5.44. The molecule has 6 heteroatoms. The van der Waals surface area contributed by atoms with Crippen LogP contribution in [0.2, 0.25) is 10.0 Å². The van der Waals surface area contributed by atoms with Gasteiger partial charge in [0.05, 0.1) is 22.3 Å². The molecule has 0 aliphatic carbocycles. The van der Waals surface area contributed by atoms with E-state index in [2.05, 4.69) is 22.5 Å². The third-order valence-electron chi connectivity index (χ3n) is 3.72. The molecule has 21 heavy (non-hydrogen) atoms. The van der Waals surface area contributed by atoms with Crippen molar-refractivity contribution in [1.82, 2.24) is 15.6 Å². The molecule has 0 amide bonds. The van der Waals surface area contributed by atoms with E-state index in [1.807, 2.05) is 36.4 Å². The number of rotatable bonds is 2. The van der Waals surface area contributed by atoms with Crippen molar-refractivity contribution < 1.29 is 0 Å². The van der Waals surface area contributed by atoms with E-state index in [9.17, 15) is 0 Å². The largest absolute Gasteiger partial charge is 0.352 e. The maximum atomic E-state index is 5.97. The van der Waals surface area contributed by atoms with E-state index in [0.29, 0.717) is 15.2 Å². The second-order valence-corrected chi connectivity index (χ2v) is 6.42. The Balaban J connectivity index is 2.04. The molecule has 1 aromatic heterocycles. The van der Waals surface area contributed by atoms with Crippen molar-refractivity contribution in [3.63, 3.8) is 0 Å². The topological polar surface area (TPSA) is 37.0 Å². The summed E-state index contributed by atoms with van der Waals surface area (Å²) in [5, 5.41) is 8.53. The van der Waals surface area contributed by atoms with Crippen molar-refractivity contribution in [3.8, 4) is 0 Å². The van der Waals surface area contributed by atoms with Crippen molar-refractivity contribution in [1.29, 1.82) is 0 Å². The number of nitrogens with one attached hydrogen (secondary N) is 2. The minimum atomic E-state index is -0.400. The van der Waals surface area contributed by atoms with E-state index in [-0.39, 0.29) is 6.04 Å². The summed E-state index contributed by atoms with van der Waals surface area (Å²) >= 11 is 17.2. The molecule has 3 rings (SSSR count). The van der Waals surface area contributed by atoms with E-state index in [4.69, 9.17) is 35.4 Å². The first-order valence-electron chi connectivity index (χ1n) is 6.45. The van der Waals surface area contributed by atoms with E-state index in [1.165, 1.54) is 0 Å². The van der Waals surface area contributed by atoms with Gasteiger partial charge >= 0.3 is 0 Å². The van der Waals surface area contributed by atoms with Crippen molar-refractivity contribution in [2.24, 2.45) is 0 Å². The number of halogens is 2. The lowest BCUT2D eigenvalue weighted by Gasteiger charge is -2.30. The number of aromatic nitrogens is 1. The minimum Gasteiger partial charge on any atom is -0.352 e. The zero-order valence-corrected chi connectivity index (χ0v) is 13.6. The standard InChI is InChI=1S/C15H13Cl2N3S/c1-15(9-2-4-10(16)5-3-9)13(19-14(21)20-15)12-7-6-11(17)8-18-12/h2-8,13H,1H3,(H2,19,20,21). The SMILES string of the molecule is CC1(c2ccc(Cl)cc2)NC(=S)NC1c1ccc(Cl)cn1. The van der Waals surface area contributed by atoms with Crippen LogP contribution in [-0.4, -0.2) is 10.1 Å². The third kappa shape index (κ3) is 2.71. The summed E-state index contributed by atoms with van der Waals surface area (Å²) in [6.07, 6.45) is 1.64. The summed E-state index contributed by atoms with van der Waals surface area (Å²) < 4.78 is 0. The van der Waals surface area contributed by atoms with Crippen LogP contribution in [0.1, 0.15) is 24.2 Å². The Kier molecular flexibility index (Phi) is 3.78. The molecule has 1 saturated heterocycles. The lowest BCUT2D eigenvalue weighted by atomic mass is 9.84. The van der Waals surface area contributed by atoms with Gasteiger partial charge in [-0.05, 0) is 49.0 Å². The maximum Gasteiger partial charge on any atom is 0.167 e. The predicted octanol–water partition coefficient (Wildman–Crippen LogP) is 3.82. The van der Waals surface area contributed by atoms with Crippen LogP contribution in [0.5, 0.6) is 0 Å². The molecule has 0 radical (unpaired) electrons. The van der Waals surface area contributed by atoms with Crippen LogP contribution >= 0.6 is 35.4 Å². The van der Waals surface area contributed by atoms with E-state index in [0.717, 1.165) is 11.3 Å². The summed E-state index contributed by atoms with van der Waals surface area (Å²) in [5.74, 6) is 0. The van der Waals surface area contributed by atoms with Gasteiger partial charge in [0.15, 0.2) is 5.11 Å². The highest BCUT2D eigenvalue weighted by molar-refractivity contribution is 7.80. The normalized spacial score (nSPS) is 24.5. The van der Waals surface area contributed by atoms with Gasteiger partial charge < -0.3 is 10.6 Å². The molecule has 2 unspecified atom stereocenters. The number of thiocarbonyl (C=S) groups is 1. The van der Waals surface area contributed by atoms with E-state index in [1.54, 1.807) is 6.20 Å². The molecule has 108 valence electrons. The Bertz CT molecular complexity index is 672. The maximum absolute atomic E-state index is 5.97. The Hall–Kier alpha value is -1.36. The van der Waals surface area contributed by atoms with E-state index < -0.39 is 5.54 Å². The average Bonchev–Trinajstić information content (AvgIpc) is 2.76. The number of hydrogen-bond donors (Lipinski definition) is 2. The monoisotopic (exact) mass is 337 g/mol. The van der Waals surface area contributed by atoms with Gasteiger partial charge in [0, 0.05) is 11.2 Å². The summed E-state index contributed by atoms with van der Waals surface area (Å²) in [4.78, 5) is 4.41. The lowest BCUT2D eigenvalue weighted by Crippen LogP contribution is -2.39. The van der Waals surface area contributed by atoms with Crippen LogP contribution < -0.4 is 10.6 Å². The minimum absolute atomic E-state index is 0.0801. The van der Waals surface area contributed by atoms with Crippen molar-refractivity contribution in [2.45, 2.75) is 18.5 Å². The van der Waals surface area contributed by atoms with Gasteiger partial charge in [0.25, 0.3) is 0 Å². The second-order valence-electron chi connectivity index (χ2n) is 5.14. The van der Waals surface area contributed by atoms with Crippen LogP contribution in [0, 0.1) is 0 Å². The molecular formula is C15H13Cl2N3S. The number of benzene rings is 1. The number of pyridine rings is 1. The Morgan fingerprint density at radius 3 is 2.38 bits per heavy atom. The van der Waals surface area contributed by atoms with Crippen LogP contribution in [-0.2, 0) is 5.54 Å². The fraction of sp³-hybridized carbons (Fsp3) is 0.200. The predicted molar refractivity (Wildman–Crippen MR) is 89.7 cm³/mol. The molecule has 2 aromatic rings. The fourth-order valence-electron chi connectivity index (χ4n) is 2.58. The molecule has 1 aromatic carbocycles. The molecule has 1 aliphatic rings. The first-order chi connectivity index (χ1) is 9.99. The van der Waals surface area contributed by atoms with Crippen LogP contribution in [0.4, 0.5) is 0 Å². The highest BCUT2D eigenvalue weighted by atomic mass is 35.5. The highest BCUT2D eigenvalue weighted by Gasteiger charge is 2.43. The zero-order valence-electron chi connectivity index (χ0n) is 11.2. The molecule has 3 nitrogen and oxygen atoms in total. The molecular weight excluding hydrogens is 325 g/mol. The summed E-state index contributed by atoms with van der Waals surface area (Å²) in [7, 11) is 0. The summed E-state index contributed by atoms with van der Waals surface area (Å²) in [5.41, 5.74) is 1.56. The van der Waals surface area contributed by atoms with Gasteiger partial charge in [0.1, 0.15) is 0 Å². The van der Waals surface area contributed by atoms with Crippen LogP contribution in [0.15, 0.2) is 42.6 Å². The molecule has 0 bridgehead atoms. The van der Waals surface area contributed by atoms with Gasteiger partial charge in [-0.15, -0.1) is 0 Å². The first-order valence-corrected chi connectivity index (χ1v) is 7.61. The average molecular weight is 338 g/mol. The van der Waals surface area contributed by atoms with Crippen LogP contribution in [0.25, 0.3) is 0 Å². The third-order valence-corrected chi connectivity index (χ3v) is 4.41. The van der Waals surface area contributed by atoms with E-state index >= 15 is 0 Å². The first kappa shape index (κ1) is 14.6. The van der Waals surface area contributed by atoms with Crippen LogP contribution in [0.3, 0.4) is 0 Å². The Morgan fingerprint density at radius 1 is 1.10 bits per heavy atom. The van der Waals surface area contributed by atoms with Gasteiger partial charge in [0.2, 0.25) is 0 Å². The lowest BCUT2D eigenvalue weighted by molar-refractivity contribution is 0.372. The van der Waals surface area contributed by atoms with Gasteiger partial charge in [-0.2, -0.15) is 0 Å². The quantitative estimate of drug-likeness (QED) is 0.817.